The number of benzene rings is 2. The van der Waals surface area contributed by atoms with E-state index in [4.69, 9.17) is 0 Å². The Bertz CT molecular complexity index is 775. The molecular formula is C15H13BrFNO2S. The fraction of sp³-hybridized carbons (Fsp3) is 0.200. The molecule has 3 rings (SSSR count). The van der Waals surface area contributed by atoms with Gasteiger partial charge >= 0.3 is 0 Å². The number of fused-ring (bicyclic) bond motifs is 1. The Morgan fingerprint density at radius 3 is 2.52 bits per heavy atom. The summed E-state index contributed by atoms with van der Waals surface area (Å²) in [7, 11) is -3.66. The van der Waals surface area contributed by atoms with E-state index < -0.39 is 15.8 Å². The first-order valence-electron chi connectivity index (χ1n) is 6.55. The molecule has 21 heavy (non-hydrogen) atoms. The molecule has 0 radical (unpaired) electrons. The molecule has 2 aromatic rings. The quantitative estimate of drug-likeness (QED) is 0.808. The molecule has 0 amide bonds. The summed E-state index contributed by atoms with van der Waals surface area (Å²) in [4.78, 5) is 0.108. The summed E-state index contributed by atoms with van der Waals surface area (Å²) in [5.41, 5.74) is 1.70. The second-order valence-corrected chi connectivity index (χ2v) is 7.69. The molecule has 0 fully saturated rings. The fourth-order valence-corrected chi connectivity index (χ4v) is 4.38. The van der Waals surface area contributed by atoms with Crippen LogP contribution in [0.15, 0.2) is 51.8 Å². The second kappa shape index (κ2) is 5.42. The summed E-state index contributed by atoms with van der Waals surface area (Å²) in [5.74, 6) is -0.448. The van der Waals surface area contributed by atoms with Crippen molar-refractivity contribution in [3.05, 3.63) is 58.3 Å². The third kappa shape index (κ3) is 2.70. The predicted molar refractivity (Wildman–Crippen MR) is 83.4 cm³/mol. The predicted octanol–water partition coefficient (Wildman–Crippen LogP) is 3.73. The van der Waals surface area contributed by atoms with Crippen LogP contribution >= 0.6 is 15.9 Å². The van der Waals surface area contributed by atoms with E-state index in [1.807, 2.05) is 18.2 Å². The summed E-state index contributed by atoms with van der Waals surface area (Å²) in [5, 5.41) is 0. The highest BCUT2D eigenvalue weighted by Crippen LogP contribution is 2.34. The molecule has 0 unspecified atom stereocenters. The van der Waals surface area contributed by atoms with Crippen LogP contribution < -0.4 is 4.31 Å². The summed E-state index contributed by atoms with van der Waals surface area (Å²) >= 11 is 3.38. The van der Waals surface area contributed by atoms with Crippen molar-refractivity contribution in [3.63, 3.8) is 0 Å². The van der Waals surface area contributed by atoms with Crippen LogP contribution in [0, 0.1) is 5.82 Å². The van der Waals surface area contributed by atoms with Gasteiger partial charge in [-0.15, -0.1) is 0 Å². The monoisotopic (exact) mass is 369 g/mol. The lowest BCUT2D eigenvalue weighted by Gasteiger charge is -2.30. The largest absolute Gasteiger partial charge is 0.266 e. The van der Waals surface area contributed by atoms with Crippen molar-refractivity contribution in [2.24, 2.45) is 0 Å². The molecule has 0 atom stereocenters. The van der Waals surface area contributed by atoms with Gasteiger partial charge in [-0.25, -0.2) is 12.8 Å². The Balaban J connectivity index is 2.09. The smallest absolute Gasteiger partial charge is 0.264 e. The van der Waals surface area contributed by atoms with Gasteiger partial charge in [0.2, 0.25) is 0 Å². The Morgan fingerprint density at radius 1 is 1.10 bits per heavy atom. The lowest BCUT2D eigenvalue weighted by Crippen LogP contribution is -2.35. The molecule has 0 spiro atoms. The molecule has 2 aromatic carbocycles. The van der Waals surface area contributed by atoms with Gasteiger partial charge in [0.15, 0.2) is 0 Å². The molecule has 0 bridgehead atoms. The minimum absolute atomic E-state index is 0.108. The minimum atomic E-state index is -3.66. The Labute approximate surface area is 131 Å². The number of rotatable bonds is 2. The van der Waals surface area contributed by atoms with E-state index in [0.717, 1.165) is 22.9 Å². The molecule has 1 aliphatic heterocycles. The number of hydrogen-bond acceptors (Lipinski definition) is 2. The summed E-state index contributed by atoms with van der Waals surface area (Å²) in [6.45, 7) is 0.434. The molecule has 0 saturated heterocycles. The number of nitrogens with zero attached hydrogens (tertiary/aromatic N) is 1. The van der Waals surface area contributed by atoms with Crippen molar-refractivity contribution in [2.45, 2.75) is 17.7 Å². The van der Waals surface area contributed by atoms with Crippen molar-refractivity contribution in [1.82, 2.24) is 0 Å². The average Bonchev–Trinajstić information content (AvgIpc) is 2.47. The topological polar surface area (TPSA) is 37.4 Å². The number of hydrogen-bond donors (Lipinski definition) is 0. The van der Waals surface area contributed by atoms with Gasteiger partial charge in [-0.1, -0.05) is 22.0 Å². The zero-order valence-electron chi connectivity index (χ0n) is 11.1. The Kier molecular flexibility index (Phi) is 3.75. The molecule has 1 aliphatic rings. The maximum Gasteiger partial charge on any atom is 0.264 e. The first kappa shape index (κ1) is 14.5. The van der Waals surface area contributed by atoms with Crippen LogP contribution in [0.4, 0.5) is 10.1 Å². The third-order valence-electron chi connectivity index (χ3n) is 3.52. The number of sulfonamides is 1. The van der Waals surface area contributed by atoms with Crippen LogP contribution in [-0.4, -0.2) is 15.0 Å². The fourth-order valence-electron chi connectivity index (χ4n) is 2.50. The van der Waals surface area contributed by atoms with Crippen molar-refractivity contribution < 1.29 is 12.8 Å². The maximum absolute atomic E-state index is 13.0. The highest BCUT2D eigenvalue weighted by Gasteiger charge is 2.29. The lowest BCUT2D eigenvalue weighted by atomic mass is 10.0. The number of aryl methyl sites for hydroxylation is 1. The standard InChI is InChI=1S/C15H13BrFNO2S/c16-12-4-3-11-2-1-9-18(15(11)10-12)21(19,20)14-7-5-13(17)6-8-14/h3-8,10H,1-2,9H2. The second-order valence-electron chi connectivity index (χ2n) is 4.91. The molecule has 0 saturated carbocycles. The molecule has 0 N–H and O–H groups in total. The van der Waals surface area contributed by atoms with Crippen LogP contribution in [0.25, 0.3) is 0 Å². The van der Waals surface area contributed by atoms with Gasteiger partial charge in [-0.3, -0.25) is 4.31 Å². The van der Waals surface area contributed by atoms with Crippen LogP contribution in [0.2, 0.25) is 0 Å². The Morgan fingerprint density at radius 2 is 1.81 bits per heavy atom. The van der Waals surface area contributed by atoms with Crippen LogP contribution in [0.5, 0.6) is 0 Å². The highest BCUT2D eigenvalue weighted by molar-refractivity contribution is 9.10. The van der Waals surface area contributed by atoms with Gasteiger partial charge < -0.3 is 0 Å². The van der Waals surface area contributed by atoms with Crippen LogP contribution in [0.3, 0.4) is 0 Å². The first-order valence-corrected chi connectivity index (χ1v) is 8.78. The third-order valence-corrected chi connectivity index (χ3v) is 5.85. The highest BCUT2D eigenvalue weighted by atomic mass is 79.9. The summed E-state index contributed by atoms with van der Waals surface area (Å²) < 4.78 is 40.8. The molecular weight excluding hydrogens is 357 g/mol. The van der Waals surface area contributed by atoms with Gasteiger partial charge in [0.25, 0.3) is 10.0 Å². The van der Waals surface area contributed by atoms with Crippen molar-refractivity contribution in [1.29, 1.82) is 0 Å². The SMILES string of the molecule is O=S(=O)(c1ccc(F)cc1)N1CCCc2ccc(Br)cc21. The minimum Gasteiger partial charge on any atom is -0.266 e. The molecule has 3 nitrogen and oxygen atoms in total. The Hall–Kier alpha value is -1.40. The summed E-state index contributed by atoms with van der Waals surface area (Å²) in [6, 6.07) is 10.6. The first-order chi connectivity index (χ1) is 9.98. The number of halogens is 2. The van der Waals surface area contributed by atoms with Gasteiger partial charge in [0, 0.05) is 11.0 Å². The maximum atomic E-state index is 13.0. The molecule has 6 heteroatoms. The van der Waals surface area contributed by atoms with Gasteiger partial charge in [0.05, 0.1) is 10.6 Å². The normalized spacial score (nSPS) is 14.9. The molecule has 110 valence electrons. The van der Waals surface area contributed by atoms with Gasteiger partial charge in [-0.2, -0.15) is 0 Å². The van der Waals surface area contributed by atoms with E-state index in [1.165, 1.54) is 28.6 Å². The number of anilines is 1. The molecule has 1 heterocycles. The molecule has 0 aromatic heterocycles. The molecule has 0 aliphatic carbocycles. The van der Waals surface area contributed by atoms with E-state index in [9.17, 15) is 12.8 Å². The summed E-state index contributed by atoms with van der Waals surface area (Å²) in [6.07, 6.45) is 1.63. The van der Waals surface area contributed by atoms with Crippen molar-refractivity contribution in [2.75, 3.05) is 10.8 Å². The average molecular weight is 370 g/mol. The van der Waals surface area contributed by atoms with E-state index >= 15 is 0 Å². The van der Waals surface area contributed by atoms with E-state index in [1.54, 1.807) is 0 Å². The van der Waals surface area contributed by atoms with E-state index in [-0.39, 0.29) is 4.90 Å². The van der Waals surface area contributed by atoms with Gasteiger partial charge in [0.1, 0.15) is 5.82 Å². The zero-order valence-corrected chi connectivity index (χ0v) is 13.5. The van der Waals surface area contributed by atoms with Gasteiger partial charge in [-0.05, 0) is 54.8 Å². The van der Waals surface area contributed by atoms with E-state index in [0.29, 0.717) is 12.2 Å². The zero-order chi connectivity index (χ0) is 15.0. The van der Waals surface area contributed by atoms with Crippen LogP contribution in [-0.2, 0) is 16.4 Å². The van der Waals surface area contributed by atoms with E-state index in [2.05, 4.69) is 15.9 Å². The lowest BCUT2D eigenvalue weighted by molar-refractivity contribution is 0.585. The van der Waals surface area contributed by atoms with Crippen molar-refractivity contribution in [3.8, 4) is 0 Å². The van der Waals surface area contributed by atoms with Crippen molar-refractivity contribution >= 4 is 31.6 Å². The van der Waals surface area contributed by atoms with Crippen LogP contribution in [0.1, 0.15) is 12.0 Å².